The van der Waals surface area contributed by atoms with E-state index in [0.717, 1.165) is 12.1 Å². The summed E-state index contributed by atoms with van der Waals surface area (Å²) in [7, 11) is -0.439. The minimum atomic E-state index is -5.08. The largest absolute Gasteiger partial charge is 0.481 e. The van der Waals surface area contributed by atoms with E-state index < -0.39 is 73.1 Å². The van der Waals surface area contributed by atoms with Gasteiger partial charge in [0.05, 0.1) is 30.3 Å². The first-order valence-electron chi connectivity index (χ1n) is 15.7. The van der Waals surface area contributed by atoms with E-state index in [1.807, 2.05) is 0 Å². The SMILES string of the molecule is COc1ncc2cc1-c1cc(C)c(C(F)(F)F)cc1[C@@H]1CC[C@H]3[C@H](OC(=O)N13)c1cc(C(F)(F)F)cc(c1)C(F)(F)PC(=O)c1ccc-2c(C)c1. The Morgan fingerprint density at radius 2 is 1.61 bits per heavy atom. The van der Waals surface area contributed by atoms with Crippen LogP contribution in [0, 0.1) is 13.8 Å². The molecule has 0 saturated carbocycles. The maximum atomic E-state index is 15.8. The number of hydrogen-bond donors (Lipinski definition) is 0. The zero-order valence-electron chi connectivity index (χ0n) is 27.0. The van der Waals surface area contributed by atoms with E-state index in [0.29, 0.717) is 22.8 Å². The molecule has 1 aromatic heterocycles. The molecule has 1 unspecified atom stereocenters. The van der Waals surface area contributed by atoms with Gasteiger partial charge < -0.3 is 9.47 Å². The van der Waals surface area contributed by atoms with Gasteiger partial charge in [0.25, 0.3) is 5.66 Å². The fourth-order valence-corrected chi connectivity index (χ4v) is 8.19. The molecule has 4 aromatic rings. The van der Waals surface area contributed by atoms with E-state index in [1.165, 1.54) is 49.4 Å². The lowest BCUT2D eigenvalue weighted by Crippen LogP contribution is -2.31. The van der Waals surface area contributed by atoms with E-state index in [4.69, 9.17) is 9.47 Å². The highest BCUT2D eigenvalue weighted by molar-refractivity contribution is 7.59. The average molecular weight is 735 g/mol. The number of aromatic nitrogens is 1. The number of carbonyl (C=O) groups excluding carboxylic acids is 2. The van der Waals surface area contributed by atoms with Gasteiger partial charge in [-0.15, -0.1) is 0 Å². The van der Waals surface area contributed by atoms with Gasteiger partial charge in [0, 0.05) is 37.0 Å². The van der Waals surface area contributed by atoms with Crippen molar-refractivity contribution in [2.24, 2.45) is 0 Å². The van der Waals surface area contributed by atoms with Crippen LogP contribution in [0.1, 0.15) is 74.3 Å². The lowest BCUT2D eigenvalue weighted by molar-refractivity contribution is -0.138. The molecule has 2 fully saturated rings. The van der Waals surface area contributed by atoms with Crippen molar-refractivity contribution in [3.63, 3.8) is 0 Å². The van der Waals surface area contributed by atoms with Crippen molar-refractivity contribution in [2.75, 3.05) is 7.11 Å². The quantitative estimate of drug-likeness (QED) is 0.144. The third kappa shape index (κ3) is 6.00. The van der Waals surface area contributed by atoms with Gasteiger partial charge in [-0.05, 0) is 96.5 Å². The van der Waals surface area contributed by atoms with Crippen LogP contribution >= 0.6 is 8.58 Å². The van der Waals surface area contributed by atoms with Crippen molar-refractivity contribution in [1.82, 2.24) is 9.88 Å². The van der Waals surface area contributed by atoms with Crippen LogP contribution in [0.4, 0.5) is 39.9 Å². The number of aryl methyl sites for hydroxylation is 2. The molecule has 0 aliphatic carbocycles. The highest BCUT2D eigenvalue weighted by Crippen LogP contribution is 2.54. The lowest BCUT2D eigenvalue weighted by Gasteiger charge is -2.27. The minimum absolute atomic E-state index is 0.0610. The lowest BCUT2D eigenvalue weighted by atomic mass is 9.88. The van der Waals surface area contributed by atoms with Gasteiger partial charge in [-0.3, -0.25) is 9.69 Å². The van der Waals surface area contributed by atoms with Gasteiger partial charge in [0.2, 0.25) is 5.88 Å². The normalized spacial score (nSPS) is 21.6. The van der Waals surface area contributed by atoms with E-state index in [2.05, 4.69) is 4.98 Å². The van der Waals surface area contributed by atoms with Crippen LogP contribution in [0.5, 0.6) is 5.88 Å². The Morgan fingerprint density at radius 1 is 0.863 bits per heavy atom. The molecule has 0 radical (unpaired) electrons. The monoisotopic (exact) mass is 734 g/mol. The summed E-state index contributed by atoms with van der Waals surface area (Å²) < 4.78 is 128. The third-order valence-electron chi connectivity index (χ3n) is 9.66. The zero-order chi connectivity index (χ0) is 36.8. The molecule has 4 aliphatic rings. The van der Waals surface area contributed by atoms with Crippen LogP contribution < -0.4 is 4.74 Å². The Hall–Kier alpha value is -4.58. The van der Waals surface area contributed by atoms with Crippen LogP contribution in [-0.4, -0.2) is 34.7 Å². The number of rotatable bonds is 1. The molecule has 0 spiro atoms. The molecule has 1 amide bonds. The Labute approximate surface area is 287 Å². The number of fused-ring (bicyclic) bond motifs is 4. The minimum Gasteiger partial charge on any atom is -0.481 e. The third-order valence-corrected chi connectivity index (χ3v) is 10.8. The number of methoxy groups -OCH3 is 1. The van der Waals surface area contributed by atoms with E-state index in [-0.39, 0.29) is 58.2 Å². The van der Waals surface area contributed by atoms with Crippen LogP contribution in [0.2, 0.25) is 0 Å². The summed E-state index contributed by atoms with van der Waals surface area (Å²) in [5, 5.41) is 0. The van der Waals surface area contributed by atoms with Gasteiger partial charge in [-0.25, -0.2) is 9.78 Å². The number of pyridine rings is 1. The Balaban J connectivity index is 1.51. The number of nitrogens with zero attached hydrogens (tertiary/aromatic N) is 2. The van der Waals surface area contributed by atoms with Gasteiger partial charge in [0.15, 0.2) is 5.52 Å². The maximum Gasteiger partial charge on any atom is 0.416 e. The van der Waals surface area contributed by atoms with Gasteiger partial charge in [-0.2, -0.15) is 35.1 Å². The molecular formula is C36H27F8N2O4P. The first-order chi connectivity index (χ1) is 23.9. The molecule has 5 heterocycles. The van der Waals surface area contributed by atoms with Crippen molar-refractivity contribution in [3.05, 3.63) is 105 Å². The molecule has 4 atom stereocenters. The molecule has 10 bridgehead atoms. The average Bonchev–Trinajstić information content (AvgIpc) is 3.63. The number of hydrogen-bond acceptors (Lipinski definition) is 5. The summed E-state index contributed by atoms with van der Waals surface area (Å²) in [6, 6.07) is 7.77. The molecule has 6 nitrogen and oxygen atoms in total. The summed E-state index contributed by atoms with van der Waals surface area (Å²) in [6.07, 6.45) is -10.8. The maximum absolute atomic E-state index is 15.8. The highest BCUT2D eigenvalue weighted by atomic mass is 31.1. The smallest absolute Gasteiger partial charge is 0.416 e. The van der Waals surface area contributed by atoms with Crippen molar-refractivity contribution in [2.45, 2.75) is 62.9 Å². The molecule has 8 rings (SSSR count). The number of amides is 1. The molecule has 51 heavy (non-hydrogen) atoms. The number of benzene rings is 3. The van der Waals surface area contributed by atoms with E-state index in [9.17, 15) is 35.9 Å². The second-order valence-electron chi connectivity index (χ2n) is 12.8. The van der Waals surface area contributed by atoms with Crippen LogP contribution in [-0.2, 0) is 22.8 Å². The number of alkyl halides is 8. The summed E-state index contributed by atoms with van der Waals surface area (Å²) in [5.74, 6) is 0.0610. The van der Waals surface area contributed by atoms with E-state index in [1.54, 1.807) is 13.0 Å². The highest BCUT2D eigenvalue weighted by Gasteiger charge is 2.52. The van der Waals surface area contributed by atoms with Crippen molar-refractivity contribution < 1.29 is 54.2 Å². The fourth-order valence-electron chi connectivity index (χ4n) is 7.31. The molecule has 2 saturated heterocycles. The Bertz CT molecular complexity index is 2120. The summed E-state index contributed by atoms with van der Waals surface area (Å²) in [4.78, 5) is 32.4. The van der Waals surface area contributed by atoms with Crippen molar-refractivity contribution in [3.8, 4) is 28.1 Å². The molecule has 266 valence electrons. The Morgan fingerprint density at radius 3 is 2.27 bits per heavy atom. The summed E-state index contributed by atoms with van der Waals surface area (Å²) in [5.41, 5.74) is -7.03. The standard InChI is InChI=1S/C36H27F8N2O4P/c1-16-8-18-4-5-23(16)20-12-26(31(49-3)45-15-20)24-9-17(2)27(35(40,41)42)14-25(24)28-6-7-29-30(50-33(48)46(28)29)19-10-21(34(37,38)39)13-22(11-19)36(43,44)51-32(18)47/h4-5,8-15,28-30,51H,6-7H2,1-3H3/t28-,29-,30+/m0/s1. The number of ether oxygens (including phenoxy) is 2. The summed E-state index contributed by atoms with van der Waals surface area (Å²) >= 11 is 0. The molecular weight excluding hydrogens is 707 g/mol. The number of halogens is 8. The van der Waals surface area contributed by atoms with E-state index >= 15 is 8.78 Å². The van der Waals surface area contributed by atoms with Gasteiger partial charge >= 0.3 is 18.4 Å². The second-order valence-corrected chi connectivity index (χ2v) is 14.1. The molecule has 4 aliphatic heterocycles. The van der Waals surface area contributed by atoms with Crippen molar-refractivity contribution >= 4 is 20.2 Å². The fraction of sp³-hybridized carbons (Fsp3) is 0.306. The molecule has 0 N–H and O–H groups in total. The molecule has 15 heteroatoms. The van der Waals surface area contributed by atoms with Gasteiger partial charge in [-0.1, -0.05) is 18.2 Å². The van der Waals surface area contributed by atoms with Gasteiger partial charge in [0.1, 0.15) is 6.10 Å². The summed E-state index contributed by atoms with van der Waals surface area (Å²) in [6.45, 7) is 2.92. The molecule has 3 aromatic carbocycles. The van der Waals surface area contributed by atoms with Crippen molar-refractivity contribution in [1.29, 1.82) is 0 Å². The Kier molecular flexibility index (Phi) is 8.20. The predicted molar refractivity (Wildman–Crippen MR) is 171 cm³/mol. The van der Waals surface area contributed by atoms with Crippen LogP contribution in [0.25, 0.3) is 22.3 Å². The van der Waals surface area contributed by atoms with Crippen LogP contribution in [0.15, 0.2) is 60.8 Å². The first-order valence-corrected chi connectivity index (χ1v) is 16.7. The predicted octanol–water partition coefficient (Wildman–Crippen LogP) is 10.4. The zero-order valence-corrected chi connectivity index (χ0v) is 28.0. The topological polar surface area (TPSA) is 68.7 Å². The number of carbonyl (C=O) groups is 2. The first kappa shape index (κ1) is 34.9. The van der Waals surface area contributed by atoms with Crippen LogP contribution in [0.3, 0.4) is 0 Å². The second kappa shape index (κ2) is 12.0.